The molecule has 0 aliphatic rings. The van der Waals surface area contributed by atoms with Crippen molar-refractivity contribution in [3.8, 4) is 17.1 Å². The zero-order chi connectivity index (χ0) is 19.5. The number of carbonyl (C=O) groups is 1. The molecule has 4 rings (SSSR count). The number of nitrogens with two attached hydrogens (primary N) is 1. The molecule has 3 aromatic heterocycles. The summed E-state index contributed by atoms with van der Waals surface area (Å²) in [6.07, 6.45) is 4.43. The number of furan rings is 1. The van der Waals surface area contributed by atoms with Crippen molar-refractivity contribution in [3.05, 3.63) is 59.7 Å². The van der Waals surface area contributed by atoms with Crippen LogP contribution in [0.25, 0.3) is 17.1 Å². The molecule has 0 saturated carbocycles. The molecule has 1 amide bonds. The van der Waals surface area contributed by atoms with E-state index in [-0.39, 0.29) is 17.3 Å². The van der Waals surface area contributed by atoms with Crippen LogP contribution in [0.15, 0.2) is 57.0 Å². The smallest absolute Gasteiger partial charge is 0.294 e. The van der Waals surface area contributed by atoms with E-state index in [1.165, 1.54) is 23.4 Å². The predicted molar refractivity (Wildman–Crippen MR) is 97.6 cm³/mol. The molecule has 11 heteroatoms. The molecule has 0 aliphatic carbocycles. The number of carbonyl (C=O) groups excluding carboxylic acids is 1. The van der Waals surface area contributed by atoms with Crippen LogP contribution >= 0.6 is 0 Å². The lowest BCUT2D eigenvalue weighted by molar-refractivity contribution is 0.0950. The second kappa shape index (κ2) is 7.15. The van der Waals surface area contributed by atoms with Crippen molar-refractivity contribution in [2.24, 2.45) is 5.10 Å². The van der Waals surface area contributed by atoms with Crippen LogP contribution < -0.4 is 11.2 Å². The van der Waals surface area contributed by atoms with Crippen LogP contribution in [-0.4, -0.2) is 37.4 Å². The summed E-state index contributed by atoms with van der Waals surface area (Å²) in [4.78, 5) is 12.6. The highest BCUT2D eigenvalue weighted by Gasteiger charge is 2.25. The zero-order valence-electron chi connectivity index (χ0n) is 14.6. The average Bonchev–Trinajstić information content (AvgIpc) is 3.42. The Morgan fingerprint density at radius 2 is 2.07 bits per heavy atom. The first kappa shape index (κ1) is 17.1. The summed E-state index contributed by atoms with van der Waals surface area (Å²) >= 11 is 0. The molecule has 0 saturated heterocycles. The molecule has 0 atom stereocenters. The van der Waals surface area contributed by atoms with E-state index in [9.17, 15) is 4.79 Å². The Bertz CT molecular complexity index is 1130. The maximum Gasteiger partial charge on any atom is 0.294 e. The minimum absolute atomic E-state index is 0.0169. The number of benzene rings is 1. The van der Waals surface area contributed by atoms with Crippen molar-refractivity contribution in [1.29, 1.82) is 0 Å². The Kier molecular flexibility index (Phi) is 4.38. The predicted octanol–water partition coefficient (Wildman–Crippen LogP) is 1.56. The lowest BCUT2D eigenvalue weighted by atomic mass is 10.1. The molecule has 4 aromatic rings. The standard InChI is InChI=1S/C17H14N8O3/c1-10-2-4-12(5-3-10)14-13(17(26)21-19-8-11-6-7-27-9-11)20-24-25(14)16-15(18)22-28-23-16/h2-9H,1H3,(H2,18,22)(H,21,26). The zero-order valence-corrected chi connectivity index (χ0v) is 14.6. The molecule has 0 spiro atoms. The van der Waals surface area contributed by atoms with Gasteiger partial charge in [0, 0.05) is 11.1 Å². The fourth-order valence-electron chi connectivity index (χ4n) is 2.46. The number of nitrogen functional groups attached to an aromatic ring is 1. The van der Waals surface area contributed by atoms with E-state index in [1.807, 2.05) is 31.2 Å². The lowest BCUT2D eigenvalue weighted by Gasteiger charge is -2.06. The quantitative estimate of drug-likeness (QED) is 0.392. The highest BCUT2D eigenvalue weighted by atomic mass is 16.6. The maximum absolute atomic E-state index is 12.6. The molecule has 0 bridgehead atoms. The van der Waals surface area contributed by atoms with Crippen molar-refractivity contribution in [1.82, 2.24) is 30.7 Å². The third kappa shape index (κ3) is 3.23. The summed E-state index contributed by atoms with van der Waals surface area (Å²) in [7, 11) is 0. The number of aryl methyl sites for hydroxylation is 1. The van der Waals surface area contributed by atoms with Gasteiger partial charge in [0.15, 0.2) is 5.69 Å². The summed E-state index contributed by atoms with van der Waals surface area (Å²) < 4.78 is 10.9. The molecule has 0 fully saturated rings. The van der Waals surface area contributed by atoms with Crippen LogP contribution in [-0.2, 0) is 0 Å². The van der Waals surface area contributed by atoms with Crippen LogP contribution in [0, 0.1) is 6.92 Å². The van der Waals surface area contributed by atoms with Crippen molar-refractivity contribution in [2.45, 2.75) is 6.92 Å². The lowest BCUT2D eigenvalue weighted by Crippen LogP contribution is -2.19. The Balaban J connectivity index is 1.72. The number of anilines is 1. The maximum atomic E-state index is 12.6. The van der Waals surface area contributed by atoms with Crippen molar-refractivity contribution < 1.29 is 13.8 Å². The van der Waals surface area contributed by atoms with E-state index >= 15 is 0 Å². The second-order valence-corrected chi connectivity index (χ2v) is 5.79. The van der Waals surface area contributed by atoms with Gasteiger partial charge in [-0.25, -0.2) is 10.1 Å². The molecular formula is C17H14N8O3. The normalized spacial score (nSPS) is 11.2. The van der Waals surface area contributed by atoms with Crippen LogP contribution in [0.3, 0.4) is 0 Å². The van der Waals surface area contributed by atoms with Gasteiger partial charge >= 0.3 is 0 Å². The van der Waals surface area contributed by atoms with Crippen molar-refractivity contribution in [3.63, 3.8) is 0 Å². The number of aromatic nitrogens is 5. The number of rotatable bonds is 5. The molecule has 0 radical (unpaired) electrons. The van der Waals surface area contributed by atoms with E-state index in [0.717, 1.165) is 5.56 Å². The van der Waals surface area contributed by atoms with E-state index in [1.54, 1.807) is 6.07 Å². The number of hydrogen-bond donors (Lipinski definition) is 2. The molecule has 140 valence electrons. The van der Waals surface area contributed by atoms with Gasteiger partial charge < -0.3 is 10.2 Å². The van der Waals surface area contributed by atoms with Gasteiger partial charge in [0.05, 0.1) is 18.7 Å². The monoisotopic (exact) mass is 378 g/mol. The van der Waals surface area contributed by atoms with Gasteiger partial charge in [-0.15, -0.1) is 5.10 Å². The topological polar surface area (TPSA) is 150 Å². The Hall–Kier alpha value is -4.28. The van der Waals surface area contributed by atoms with E-state index in [4.69, 9.17) is 10.2 Å². The number of hydrogen-bond acceptors (Lipinski definition) is 9. The van der Waals surface area contributed by atoms with Crippen LogP contribution in [0.5, 0.6) is 0 Å². The van der Waals surface area contributed by atoms with Gasteiger partial charge in [-0.1, -0.05) is 35.0 Å². The van der Waals surface area contributed by atoms with Gasteiger partial charge in [-0.2, -0.15) is 9.78 Å². The minimum Gasteiger partial charge on any atom is -0.472 e. The van der Waals surface area contributed by atoms with Crippen molar-refractivity contribution >= 4 is 17.9 Å². The molecule has 3 N–H and O–H groups in total. The molecule has 0 aliphatic heterocycles. The molecule has 0 unspecified atom stereocenters. The summed E-state index contributed by atoms with van der Waals surface area (Å²) in [5.74, 6) is -0.413. The van der Waals surface area contributed by atoms with Crippen LogP contribution in [0.1, 0.15) is 21.6 Å². The van der Waals surface area contributed by atoms with Gasteiger partial charge in [0.2, 0.25) is 11.6 Å². The van der Waals surface area contributed by atoms with E-state index in [2.05, 4.69) is 35.8 Å². The molecule has 3 heterocycles. The first-order chi connectivity index (χ1) is 13.6. The summed E-state index contributed by atoms with van der Waals surface area (Å²) in [5.41, 5.74) is 11.0. The van der Waals surface area contributed by atoms with Gasteiger partial charge in [-0.05, 0) is 23.3 Å². The van der Waals surface area contributed by atoms with Gasteiger partial charge in [-0.3, -0.25) is 4.79 Å². The Morgan fingerprint density at radius 1 is 1.25 bits per heavy atom. The minimum atomic E-state index is -0.559. The highest BCUT2D eigenvalue weighted by molar-refractivity contribution is 5.98. The molecule has 28 heavy (non-hydrogen) atoms. The number of amides is 1. The first-order valence-corrected chi connectivity index (χ1v) is 8.10. The molecular weight excluding hydrogens is 364 g/mol. The number of nitrogens with zero attached hydrogens (tertiary/aromatic N) is 6. The Labute approximate surface area is 157 Å². The fraction of sp³-hybridized carbons (Fsp3) is 0.0588. The Morgan fingerprint density at radius 3 is 2.75 bits per heavy atom. The van der Waals surface area contributed by atoms with Crippen molar-refractivity contribution in [2.75, 3.05) is 5.73 Å². The summed E-state index contributed by atoms with van der Waals surface area (Å²) in [6.45, 7) is 1.96. The SMILES string of the molecule is Cc1ccc(-c2c(C(=O)NN=Cc3ccoc3)nnn2-c2nonc2N)cc1. The third-order valence-electron chi connectivity index (χ3n) is 3.83. The molecule has 11 nitrogen and oxygen atoms in total. The molecule has 1 aromatic carbocycles. The average molecular weight is 378 g/mol. The van der Waals surface area contributed by atoms with Crippen LogP contribution in [0.2, 0.25) is 0 Å². The van der Waals surface area contributed by atoms with E-state index < -0.39 is 5.91 Å². The van der Waals surface area contributed by atoms with E-state index in [0.29, 0.717) is 16.8 Å². The second-order valence-electron chi connectivity index (χ2n) is 5.79. The number of nitrogens with one attached hydrogen (secondary N) is 1. The van der Waals surface area contributed by atoms with Crippen LogP contribution in [0.4, 0.5) is 5.82 Å². The first-order valence-electron chi connectivity index (χ1n) is 8.10. The van der Waals surface area contributed by atoms with Gasteiger partial charge in [0.1, 0.15) is 5.69 Å². The summed E-state index contributed by atoms with van der Waals surface area (Å²) in [6, 6.07) is 9.16. The third-order valence-corrected chi connectivity index (χ3v) is 3.83. The largest absolute Gasteiger partial charge is 0.472 e. The van der Waals surface area contributed by atoms with Gasteiger partial charge in [0.25, 0.3) is 5.91 Å². The fourth-order valence-corrected chi connectivity index (χ4v) is 2.46. The highest BCUT2D eigenvalue weighted by Crippen LogP contribution is 2.26. The summed E-state index contributed by atoms with van der Waals surface area (Å²) in [5, 5.41) is 19.1. The number of hydrazone groups is 1.